The zero-order valence-corrected chi connectivity index (χ0v) is 30.5. The molecule has 6 aromatic rings. The van der Waals surface area contributed by atoms with Crippen LogP contribution in [0.3, 0.4) is 0 Å². The molecule has 8 rings (SSSR count). The Labute approximate surface area is 306 Å². The van der Waals surface area contributed by atoms with Crippen LogP contribution in [-0.4, -0.2) is 100.0 Å². The van der Waals surface area contributed by atoms with E-state index in [1.165, 1.54) is 0 Å². The fraction of sp³-hybridized carbons (Fsp3) is 0.326. The molecule has 2 aromatic heterocycles. The average Bonchev–Trinajstić information content (AvgIpc) is 3.20. The number of aromatic nitrogens is 4. The van der Waals surface area contributed by atoms with Crippen molar-refractivity contribution in [3.8, 4) is 22.8 Å². The summed E-state index contributed by atoms with van der Waals surface area (Å²) in [5.41, 5.74) is 5.89. The molecule has 0 saturated carbocycles. The molecule has 4 heterocycles. The minimum absolute atomic E-state index is 0.226. The number of anilines is 2. The molecule has 2 fully saturated rings. The first-order valence-corrected chi connectivity index (χ1v) is 18.6. The standard InChI is InChI=1S/C43H46N8O/c1-29(2)48-21-25-50(26-22-48)35-19-11-17-33-37(35)39(46-42(44-33)31-13-7-5-8-14-31)41(52)40-38-34(45-43(47-40)32-15-9-6-10-16-32)18-12-20-36(38)51-27-23-49(24-28-51)30(3)4/h5-20,29-30H,21-28H2,1-4H3. The van der Waals surface area contributed by atoms with E-state index in [1.807, 2.05) is 84.9 Å². The Morgan fingerprint density at radius 3 is 1.23 bits per heavy atom. The lowest BCUT2D eigenvalue weighted by Gasteiger charge is -2.38. The highest BCUT2D eigenvalue weighted by Crippen LogP contribution is 2.36. The zero-order valence-electron chi connectivity index (χ0n) is 30.5. The highest BCUT2D eigenvalue weighted by atomic mass is 16.1. The Morgan fingerprint density at radius 1 is 0.481 bits per heavy atom. The van der Waals surface area contributed by atoms with Crippen molar-refractivity contribution in [2.75, 3.05) is 62.2 Å². The SMILES string of the molecule is CC(C)N1CCN(c2cccc3nc(-c4ccccc4)nc(C(=O)c4nc(-c5ccccc5)nc5cccc(N6CCN(C(C)C)CC6)c45)c23)CC1. The minimum atomic E-state index is -0.226. The molecular formula is C43H46N8O. The predicted octanol–water partition coefficient (Wildman–Crippen LogP) is 7.20. The number of rotatable bonds is 8. The normalized spacial score (nSPS) is 16.0. The highest BCUT2D eigenvalue weighted by molar-refractivity contribution is 6.22. The first-order chi connectivity index (χ1) is 25.4. The lowest BCUT2D eigenvalue weighted by molar-refractivity contribution is 0.103. The van der Waals surface area contributed by atoms with Gasteiger partial charge in [-0.1, -0.05) is 72.8 Å². The lowest BCUT2D eigenvalue weighted by atomic mass is 10.00. The van der Waals surface area contributed by atoms with Crippen LogP contribution in [0.1, 0.15) is 43.9 Å². The van der Waals surface area contributed by atoms with Gasteiger partial charge in [0.25, 0.3) is 0 Å². The molecule has 9 nitrogen and oxygen atoms in total. The van der Waals surface area contributed by atoms with Gasteiger partial charge in [0.15, 0.2) is 11.6 Å². The number of hydrogen-bond donors (Lipinski definition) is 0. The van der Waals surface area contributed by atoms with Crippen LogP contribution in [0.25, 0.3) is 44.6 Å². The van der Waals surface area contributed by atoms with Gasteiger partial charge in [-0.15, -0.1) is 0 Å². The van der Waals surface area contributed by atoms with Gasteiger partial charge >= 0.3 is 0 Å². The molecule has 4 aromatic carbocycles. The average molecular weight is 691 g/mol. The summed E-state index contributed by atoms with van der Waals surface area (Å²) in [7, 11) is 0. The van der Waals surface area contributed by atoms with Gasteiger partial charge in [-0.2, -0.15) is 0 Å². The smallest absolute Gasteiger partial charge is 0.231 e. The second-order valence-corrected chi connectivity index (χ2v) is 14.4. The van der Waals surface area contributed by atoms with Crippen LogP contribution in [0.5, 0.6) is 0 Å². The van der Waals surface area contributed by atoms with E-state index in [9.17, 15) is 0 Å². The van der Waals surface area contributed by atoms with Gasteiger partial charge in [0.2, 0.25) is 5.78 Å². The number of fused-ring (bicyclic) bond motifs is 2. The molecule has 2 saturated heterocycles. The molecular weight excluding hydrogens is 645 g/mol. The second kappa shape index (κ2) is 14.4. The van der Waals surface area contributed by atoms with Crippen LogP contribution in [0.15, 0.2) is 97.1 Å². The number of benzene rings is 4. The Hall–Kier alpha value is -5.25. The molecule has 0 radical (unpaired) electrons. The summed E-state index contributed by atoms with van der Waals surface area (Å²) in [6.45, 7) is 16.2. The molecule has 0 atom stereocenters. The van der Waals surface area contributed by atoms with Crippen LogP contribution in [-0.2, 0) is 0 Å². The van der Waals surface area contributed by atoms with E-state index in [2.05, 4.69) is 59.4 Å². The topological polar surface area (TPSA) is 81.6 Å². The van der Waals surface area contributed by atoms with Crippen molar-refractivity contribution in [2.24, 2.45) is 0 Å². The number of carbonyl (C=O) groups excluding carboxylic acids is 1. The van der Waals surface area contributed by atoms with E-state index in [0.717, 1.165) is 96.7 Å². The first-order valence-electron chi connectivity index (χ1n) is 18.6. The van der Waals surface area contributed by atoms with Gasteiger partial charge in [-0.25, -0.2) is 19.9 Å². The van der Waals surface area contributed by atoms with E-state index in [4.69, 9.17) is 19.9 Å². The summed E-state index contributed by atoms with van der Waals surface area (Å²) >= 11 is 0. The molecule has 0 bridgehead atoms. The van der Waals surface area contributed by atoms with Crippen LogP contribution < -0.4 is 9.80 Å². The van der Waals surface area contributed by atoms with Crippen molar-refractivity contribution in [1.82, 2.24) is 29.7 Å². The number of piperazine rings is 2. The molecule has 9 heteroatoms. The number of hydrogen-bond acceptors (Lipinski definition) is 9. The molecule has 0 unspecified atom stereocenters. The molecule has 264 valence electrons. The summed E-state index contributed by atoms with van der Waals surface area (Å²) < 4.78 is 0. The number of carbonyl (C=O) groups is 1. The maximum atomic E-state index is 15.6. The predicted molar refractivity (Wildman–Crippen MR) is 211 cm³/mol. The Kier molecular flexibility index (Phi) is 9.38. The number of ketones is 1. The second-order valence-electron chi connectivity index (χ2n) is 14.4. The van der Waals surface area contributed by atoms with Gasteiger partial charge in [0, 0.05) is 86.9 Å². The van der Waals surface area contributed by atoms with Crippen molar-refractivity contribution >= 4 is 39.0 Å². The van der Waals surface area contributed by atoms with E-state index in [0.29, 0.717) is 35.1 Å². The quantitative estimate of drug-likeness (QED) is 0.154. The maximum Gasteiger partial charge on any atom is 0.231 e. The third-order valence-electron chi connectivity index (χ3n) is 10.7. The molecule has 0 amide bonds. The molecule has 2 aliphatic heterocycles. The van der Waals surface area contributed by atoms with Gasteiger partial charge < -0.3 is 9.80 Å². The van der Waals surface area contributed by atoms with Crippen molar-refractivity contribution in [2.45, 2.75) is 39.8 Å². The van der Waals surface area contributed by atoms with E-state index in [-0.39, 0.29) is 5.78 Å². The van der Waals surface area contributed by atoms with Crippen LogP contribution in [0.4, 0.5) is 11.4 Å². The monoisotopic (exact) mass is 690 g/mol. The van der Waals surface area contributed by atoms with Gasteiger partial charge in [-0.3, -0.25) is 14.6 Å². The molecule has 52 heavy (non-hydrogen) atoms. The third-order valence-corrected chi connectivity index (χ3v) is 10.7. The molecule has 0 spiro atoms. The third kappa shape index (κ3) is 6.50. The van der Waals surface area contributed by atoms with Gasteiger partial charge in [0.1, 0.15) is 11.4 Å². The Bertz CT molecular complexity index is 2050. The summed E-state index contributed by atoms with van der Waals surface area (Å²) in [6.07, 6.45) is 0. The zero-order chi connectivity index (χ0) is 35.8. The molecule has 0 aliphatic carbocycles. The van der Waals surface area contributed by atoms with Crippen molar-refractivity contribution in [3.05, 3.63) is 108 Å². The first kappa shape index (κ1) is 33.9. The Balaban J connectivity index is 1.34. The van der Waals surface area contributed by atoms with Crippen molar-refractivity contribution < 1.29 is 4.79 Å². The summed E-state index contributed by atoms with van der Waals surface area (Å²) in [5.74, 6) is 0.811. The highest BCUT2D eigenvalue weighted by Gasteiger charge is 2.29. The van der Waals surface area contributed by atoms with Crippen molar-refractivity contribution in [1.29, 1.82) is 0 Å². The number of nitrogens with zero attached hydrogens (tertiary/aromatic N) is 8. The summed E-state index contributed by atoms with van der Waals surface area (Å²) in [5, 5.41) is 1.53. The van der Waals surface area contributed by atoms with E-state index in [1.54, 1.807) is 0 Å². The molecule has 2 aliphatic rings. The fourth-order valence-electron chi connectivity index (χ4n) is 7.69. The van der Waals surface area contributed by atoms with Crippen LogP contribution in [0, 0.1) is 0 Å². The fourth-order valence-corrected chi connectivity index (χ4v) is 7.69. The van der Waals surface area contributed by atoms with Crippen LogP contribution in [0.2, 0.25) is 0 Å². The van der Waals surface area contributed by atoms with Gasteiger partial charge in [-0.05, 0) is 52.0 Å². The van der Waals surface area contributed by atoms with Gasteiger partial charge in [0.05, 0.1) is 21.8 Å². The summed E-state index contributed by atoms with van der Waals surface area (Å²) in [6, 6.07) is 33.1. The van der Waals surface area contributed by atoms with Crippen LogP contribution >= 0.6 is 0 Å². The summed E-state index contributed by atoms with van der Waals surface area (Å²) in [4.78, 5) is 45.8. The van der Waals surface area contributed by atoms with E-state index >= 15 is 4.79 Å². The lowest BCUT2D eigenvalue weighted by Crippen LogP contribution is -2.49. The minimum Gasteiger partial charge on any atom is -0.368 e. The maximum absolute atomic E-state index is 15.6. The van der Waals surface area contributed by atoms with E-state index < -0.39 is 0 Å². The Morgan fingerprint density at radius 2 is 0.865 bits per heavy atom. The largest absolute Gasteiger partial charge is 0.368 e. The molecule has 0 N–H and O–H groups in total. The van der Waals surface area contributed by atoms with Crippen molar-refractivity contribution in [3.63, 3.8) is 0 Å².